The summed E-state index contributed by atoms with van der Waals surface area (Å²) in [6, 6.07) is 16.1. The summed E-state index contributed by atoms with van der Waals surface area (Å²) in [4.78, 5) is 12.5. The van der Waals surface area contributed by atoms with Crippen molar-refractivity contribution in [2.45, 2.75) is 33.5 Å². The minimum Gasteiger partial charge on any atom is -0.489 e. The number of esters is 1. The third-order valence-corrected chi connectivity index (χ3v) is 4.75. The number of benzene rings is 2. The molecule has 0 unspecified atom stereocenters. The molecule has 0 fully saturated rings. The molecule has 1 atom stereocenters. The lowest BCUT2D eigenvalue weighted by molar-refractivity contribution is 0.0280. The molecular formula is C23H21N3O5. The van der Waals surface area contributed by atoms with E-state index < -0.39 is 12.1 Å². The second kappa shape index (κ2) is 8.83. The van der Waals surface area contributed by atoms with Crippen molar-refractivity contribution in [1.82, 2.24) is 15.4 Å². The number of ether oxygens (including phenoxy) is 2. The van der Waals surface area contributed by atoms with Gasteiger partial charge in [0.2, 0.25) is 5.89 Å². The number of hydrogen-bond donors (Lipinski definition) is 0. The first-order valence-electron chi connectivity index (χ1n) is 9.75. The highest BCUT2D eigenvalue weighted by molar-refractivity contribution is 5.89. The maximum absolute atomic E-state index is 12.5. The summed E-state index contributed by atoms with van der Waals surface area (Å²) < 4.78 is 22.0. The van der Waals surface area contributed by atoms with Crippen LogP contribution >= 0.6 is 0 Å². The van der Waals surface area contributed by atoms with Crippen LogP contribution in [0.4, 0.5) is 0 Å². The fourth-order valence-corrected chi connectivity index (χ4v) is 2.93. The molecule has 0 radical (unpaired) electrons. The van der Waals surface area contributed by atoms with Gasteiger partial charge in [-0.05, 0) is 57.2 Å². The van der Waals surface area contributed by atoms with E-state index in [-0.39, 0.29) is 5.89 Å². The van der Waals surface area contributed by atoms with E-state index in [2.05, 4.69) is 15.4 Å². The van der Waals surface area contributed by atoms with E-state index in [9.17, 15) is 4.79 Å². The number of carbonyl (C=O) groups excluding carboxylic acids is 1. The van der Waals surface area contributed by atoms with E-state index in [0.717, 1.165) is 22.6 Å². The van der Waals surface area contributed by atoms with Crippen LogP contribution in [0, 0.1) is 13.8 Å². The first-order valence-corrected chi connectivity index (χ1v) is 9.75. The topological polar surface area (TPSA) is 100 Å². The fourth-order valence-electron chi connectivity index (χ4n) is 2.93. The number of rotatable bonds is 7. The largest absolute Gasteiger partial charge is 0.489 e. The Labute approximate surface area is 178 Å². The van der Waals surface area contributed by atoms with Gasteiger partial charge in [0.1, 0.15) is 18.1 Å². The third-order valence-electron chi connectivity index (χ3n) is 4.75. The molecule has 0 spiro atoms. The summed E-state index contributed by atoms with van der Waals surface area (Å²) >= 11 is 0. The van der Waals surface area contributed by atoms with Gasteiger partial charge in [0, 0.05) is 5.56 Å². The SMILES string of the molecule is Cc1noc(C)c1COc1ccc(C(=O)O[C@H](C)c2nnc(-c3ccccc3)o2)cc1. The molecular weight excluding hydrogens is 398 g/mol. The smallest absolute Gasteiger partial charge is 0.338 e. The normalized spacial score (nSPS) is 11.8. The van der Waals surface area contributed by atoms with Crippen LogP contribution in [0.3, 0.4) is 0 Å². The maximum Gasteiger partial charge on any atom is 0.338 e. The first kappa shape index (κ1) is 20.3. The Morgan fingerprint density at radius 2 is 1.77 bits per heavy atom. The second-order valence-corrected chi connectivity index (χ2v) is 6.97. The summed E-state index contributed by atoms with van der Waals surface area (Å²) in [5.41, 5.74) is 2.89. The predicted molar refractivity (Wildman–Crippen MR) is 110 cm³/mol. The van der Waals surface area contributed by atoms with Gasteiger partial charge in [-0.3, -0.25) is 0 Å². The Bertz CT molecular complexity index is 1150. The molecule has 0 saturated heterocycles. The molecule has 0 aliphatic rings. The van der Waals surface area contributed by atoms with Crippen LogP contribution in [0.15, 0.2) is 63.5 Å². The van der Waals surface area contributed by atoms with Crippen LogP contribution in [0.25, 0.3) is 11.5 Å². The number of aryl methyl sites for hydroxylation is 2. The molecule has 0 aliphatic carbocycles. The molecule has 0 amide bonds. The van der Waals surface area contributed by atoms with Gasteiger partial charge in [-0.1, -0.05) is 23.4 Å². The van der Waals surface area contributed by atoms with Crippen LogP contribution in [0.1, 0.15) is 46.3 Å². The first-order chi connectivity index (χ1) is 15.0. The average molecular weight is 419 g/mol. The van der Waals surface area contributed by atoms with Crippen LogP contribution in [0.2, 0.25) is 0 Å². The van der Waals surface area contributed by atoms with Crippen LogP contribution in [-0.4, -0.2) is 21.3 Å². The monoisotopic (exact) mass is 419 g/mol. The van der Waals surface area contributed by atoms with Crippen molar-refractivity contribution in [3.8, 4) is 17.2 Å². The third kappa shape index (κ3) is 4.63. The summed E-state index contributed by atoms with van der Waals surface area (Å²) in [7, 11) is 0. The van der Waals surface area contributed by atoms with E-state index in [1.165, 1.54) is 0 Å². The maximum atomic E-state index is 12.5. The number of aromatic nitrogens is 3. The van der Waals surface area contributed by atoms with Crippen molar-refractivity contribution in [3.05, 3.63) is 83.1 Å². The summed E-state index contributed by atoms with van der Waals surface area (Å²) in [5, 5.41) is 11.9. The van der Waals surface area contributed by atoms with Gasteiger partial charge in [0.15, 0.2) is 6.10 Å². The van der Waals surface area contributed by atoms with E-state index in [1.54, 1.807) is 31.2 Å². The van der Waals surface area contributed by atoms with E-state index in [0.29, 0.717) is 23.8 Å². The van der Waals surface area contributed by atoms with E-state index in [4.69, 9.17) is 18.4 Å². The lowest BCUT2D eigenvalue weighted by Crippen LogP contribution is -2.09. The summed E-state index contributed by atoms with van der Waals surface area (Å²) in [6.45, 7) is 5.72. The van der Waals surface area contributed by atoms with Gasteiger partial charge in [0.25, 0.3) is 5.89 Å². The molecule has 4 rings (SSSR count). The minimum atomic E-state index is -0.687. The van der Waals surface area contributed by atoms with Crippen molar-refractivity contribution < 1.29 is 23.2 Å². The van der Waals surface area contributed by atoms with Crippen LogP contribution in [0.5, 0.6) is 5.75 Å². The highest BCUT2D eigenvalue weighted by Gasteiger charge is 2.20. The molecule has 8 heteroatoms. The molecule has 0 N–H and O–H groups in total. The quantitative estimate of drug-likeness (QED) is 0.392. The molecule has 8 nitrogen and oxygen atoms in total. The summed E-state index contributed by atoms with van der Waals surface area (Å²) in [5.74, 6) is 1.45. The Morgan fingerprint density at radius 3 is 2.45 bits per heavy atom. The molecule has 2 aromatic carbocycles. The Hall–Kier alpha value is -3.94. The zero-order valence-corrected chi connectivity index (χ0v) is 17.4. The Balaban J connectivity index is 1.36. The zero-order valence-electron chi connectivity index (χ0n) is 17.4. The Kier molecular flexibility index (Phi) is 5.79. The van der Waals surface area contributed by atoms with Gasteiger partial charge in [-0.2, -0.15) is 0 Å². The number of nitrogens with zero attached hydrogens (tertiary/aromatic N) is 3. The molecule has 0 saturated carbocycles. The Morgan fingerprint density at radius 1 is 1.03 bits per heavy atom. The molecule has 0 bridgehead atoms. The standard InChI is InChI=1S/C23H21N3O5/c1-14-20(15(2)31-26-14)13-28-19-11-9-18(10-12-19)23(27)29-16(3)21-24-25-22(30-21)17-7-5-4-6-8-17/h4-12,16H,13H2,1-3H3/t16-/m1/s1. The molecule has 158 valence electrons. The average Bonchev–Trinajstić information content (AvgIpc) is 3.40. The number of carbonyl (C=O) groups is 1. The van der Waals surface area contributed by atoms with Crippen molar-refractivity contribution in [3.63, 3.8) is 0 Å². The molecule has 31 heavy (non-hydrogen) atoms. The van der Waals surface area contributed by atoms with E-state index in [1.807, 2.05) is 44.2 Å². The minimum absolute atomic E-state index is 0.228. The van der Waals surface area contributed by atoms with Crippen molar-refractivity contribution >= 4 is 5.97 Å². The van der Waals surface area contributed by atoms with Gasteiger partial charge in [-0.25, -0.2) is 4.79 Å². The van der Waals surface area contributed by atoms with E-state index >= 15 is 0 Å². The van der Waals surface area contributed by atoms with Gasteiger partial charge in [0.05, 0.1) is 16.8 Å². The molecule has 0 aliphatic heterocycles. The fraction of sp³-hybridized carbons (Fsp3) is 0.217. The molecule has 2 heterocycles. The number of hydrogen-bond acceptors (Lipinski definition) is 8. The van der Waals surface area contributed by atoms with Crippen molar-refractivity contribution in [2.24, 2.45) is 0 Å². The highest BCUT2D eigenvalue weighted by atomic mass is 16.6. The lowest BCUT2D eigenvalue weighted by atomic mass is 10.2. The lowest BCUT2D eigenvalue weighted by Gasteiger charge is -2.10. The second-order valence-electron chi connectivity index (χ2n) is 6.97. The molecule has 2 aromatic heterocycles. The van der Waals surface area contributed by atoms with Gasteiger partial charge < -0.3 is 18.4 Å². The van der Waals surface area contributed by atoms with Crippen molar-refractivity contribution in [2.75, 3.05) is 0 Å². The zero-order chi connectivity index (χ0) is 21.8. The summed E-state index contributed by atoms with van der Waals surface area (Å²) in [6.07, 6.45) is -0.687. The van der Waals surface area contributed by atoms with Gasteiger partial charge >= 0.3 is 5.97 Å². The van der Waals surface area contributed by atoms with Crippen LogP contribution < -0.4 is 4.74 Å². The predicted octanol–water partition coefficient (Wildman–Crippen LogP) is 4.84. The van der Waals surface area contributed by atoms with Gasteiger partial charge in [-0.15, -0.1) is 10.2 Å². The molecule has 4 aromatic rings. The van der Waals surface area contributed by atoms with Crippen molar-refractivity contribution in [1.29, 1.82) is 0 Å². The highest BCUT2D eigenvalue weighted by Crippen LogP contribution is 2.24. The van der Waals surface area contributed by atoms with Crippen LogP contribution in [-0.2, 0) is 11.3 Å².